The molecule has 16 heavy (non-hydrogen) atoms. The molecule has 1 rings (SSSR count). The fourth-order valence-corrected chi connectivity index (χ4v) is 2.73. The number of carbonyl (C=O) groups is 2. The van der Waals surface area contributed by atoms with E-state index < -0.39 is 12.0 Å². The minimum absolute atomic E-state index is 0.313. The van der Waals surface area contributed by atoms with E-state index in [9.17, 15) is 9.59 Å². The summed E-state index contributed by atoms with van der Waals surface area (Å²) < 4.78 is 0. The number of carbonyl (C=O) groups excluding carboxylic acids is 1. The summed E-state index contributed by atoms with van der Waals surface area (Å²) in [5.41, 5.74) is 0. The topological polar surface area (TPSA) is 69.6 Å². The zero-order valence-electron chi connectivity index (χ0n) is 9.60. The predicted octanol–water partition coefficient (Wildman–Crippen LogP) is 0.854. The van der Waals surface area contributed by atoms with Crippen LogP contribution < -0.4 is 5.32 Å². The molecule has 6 heteroatoms. The third kappa shape index (κ3) is 3.59. The van der Waals surface area contributed by atoms with Crippen molar-refractivity contribution >= 4 is 23.8 Å². The monoisotopic (exact) mass is 246 g/mol. The zero-order chi connectivity index (χ0) is 12.1. The Hall–Kier alpha value is -0.910. The second-order valence-electron chi connectivity index (χ2n) is 4.04. The van der Waals surface area contributed by atoms with Crippen molar-refractivity contribution in [3.8, 4) is 0 Å². The third-order valence-electron chi connectivity index (χ3n) is 2.82. The van der Waals surface area contributed by atoms with Crippen LogP contribution in [-0.2, 0) is 4.79 Å². The summed E-state index contributed by atoms with van der Waals surface area (Å²) in [5, 5.41) is 11.5. The van der Waals surface area contributed by atoms with Crippen LogP contribution in [0.15, 0.2) is 0 Å². The normalized spacial score (nSPS) is 21.5. The Labute approximate surface area is 99.6 Å². The van der Waals surface area contributed by atoms with Gasteiger partial charge < -0.3 is 15.3 Å². The van der Waals surface area contributed by atoms with Gasteiger partial charge >= 0.3 is 12.0 Å². The van der Waals surface area contributed by atoms with Gasteiger partial charge in [-0.15, -0.1) is 0 Å². The molecular weight excluding hydrogens is 228 g/mol. The molecule has 2 N–H and O–H groups in total. The van der Waals surface area contributed by atoms with Crippen molar-refractivity contribution in [2.24, 2.45) is 5.92 Å². The average molecular weight is 246 g/mol. The summed E-state index contributed by atoms with van der Waals surface area (Å²) in [7, 11) is 1.50. The van der Waals surface area contributed by atoms with Crippen LogP contribution in [0.25, 0.3) is 0 Å². The number of amides is 2. The number of carboxylic acid groups (broad SMARTS) is 1. The van der Waals surface area contributed by atoms with Crippen molar-refractivity contribution in [3.05, 3.63) is 0 Å². The van der Waals surface area contributed by atoms with E-state index in [1.807, 2.05) is 11.8 Å². The highest BCUT2D eigenvalue weighted by Crippen LogP contribution is 2.22. The lowest BCUT2D eigenvalue weighted by Crippen LogP contribution is -2.46. The number of nitrogens with zero attached hydrogens (tertiary/aromatic N) is 1. The van der Waals surface area contributed by atoms with Crippen LogP contribution in [0.5, 0.6) is 0 Å². The van der Waals surface area contributed by atoms with Gasteiger partial charge in [-0.05, 0) is 30.8 Å². The Morgan fingerprint density at radius 1 is 1.62 bits per heavy atom. The molecule has 1 fully saturated rings. The van der Waals surface area contributed by atoms with Crippen LogP contribution in [0.4, 0.5) is 4.79 Å². The molecule has 92 valence electrons. The minimum Gasteiger partial charge on any atom is -0.480 e. The lowest BCUT2D eigenvalue weighted by Gasteiger charge is -2.22. The molecule has 0 aromatic rings. The Morgan fingerprint density at radius 3 is 2.81 bits per heavy atom. The number of rotatable bonds is 4. The van der Waals surface area contributed by atoms with E-state index in [4.69, 9.17) is 5.11 Å². The number of hydrogen-bond acceptors (Lipinski definition) is 3. The highest BCUT2D eigenvalue weighted by atomic mass is 32.2. The Kier molecular flexibility index (Phi) is 4.92. The molecular formula is C10H18N2O3S. The summed E-state index contributed by atoms with van der Waals surface area (Å²) in [6.07, 6.45) is 1.13. The van der Waals surface area contributed by atoms with Crippen LogP contribution in [0.1, 0.15) is 13.3 Å². The van der Waals surface area contributed by atoms with Gasteiger partial charge in [0.25, 0.3) is 0 Å². The lowest BCUT2D eigenvalue weighted by molar-refractivity contribution is -0.141. The molecule has 0 aromatic carbocycles. The van der Waals surface area contributed by atoms with Gasteiger partial charge in [-0.1, -0.05) is 0 Å². The highest BCUT2D eigenvalue weighted by molar-refractivity contribution is 7.99. The van der Waals surface area contributed by atoms with Crippen LogP contribution >= 0.6 is 11.8 Å². The van der Waals surface area contributed by atoms with Gasteiger partial charge in [0.1, 0.15) is 6.04 Å². The molecule has 0 saturated carbocycles. The molecule has 2 unspecified atom stereocenters. The summed E-state index contributed by atoms with van der Waals surface area (Å²) >= 11 is 1.89. The van der Waals surface area contributed by atoms with Crippen LogP contribution in [0.2, 0.25) is 0 Å². The Bertz CT molecular complexity index is 267. The van der Waals surface area contributed by atoms with Gasteiger partial charge in [0.15, 0.2) is 0 Å². The first-order chi connectivity index (χ1) is 7.52. The van der Waals surface area contributed by atoms with E-state index in [1.54, 1.807) is 0 Å². The molecule has 5 nitrogen and oxygen atoms in total. The maximum absolute atomic E-state index is 11.6. The van der Waals surface area contributed by atoms with E-state index in [-0.39, 0.29) is 6.03 Å². The number of likely N-dealkylation sites (N-methyl/N-ethyl adjacent to an activating group) is 1. The summed E-state index contributed by atoms with van der Waals surface area (Å²) in [5.74, 6) is 1.77. The van der Waals surface area contributed by atoms with E-state index in [0.29, 0.717) is 12.5 Å². The number of urea groups is 1. The standard InChI is InChI=1S/C10H18N2O3S/c1-7(9(13)14)12(2)10(15)11-5-8-3-4-16-6-8/h7-8H,3-6H2,1-2H3,(H,11,15)(H,13,14). The van der Waals surface area contributed by atoms with E-state index >= 15 is 0 Å². The minimum atomic E-state index is -0.992. The first-order valence-corrected chi connectivity index (χ1v) is 6.49. The number of thioether (sulfide) groups is 1. The van der Waals surface area contributed by atoms with Crippen molar-refractivity contribution < 1.29 is 14.7 Å². The van der Waals surface area contributed by atoms with Gasteiger partial charge in [0, 0.05) is 13.6 Å². The second-order valence-corrected chi connectivity index (χ2v) is 5.19. The summed E-state index contributed by atoms with van der Waals surface area (Å²) in [4.78, 5) is 23.5. The van der Waals surface area contributed by atoms with Crippen LogP contribution in [-0.4, -0.2) is 53.1 Å². The number of hydrogen-bond donors (Lipinski definition) is 2. The Morgan fingerprint density at radius 2 is 2.31 bits per heavy atom. The van der Waals surface area contributed by atoms with Gasteiger partial charge in [-0.25, -0.2) is 9.59 Å². The first-order valence-electron chi connectivity index (χ1n) is 5.33. The average Bonchev–Trinajstić information content (AvgIpc) is 2.76. The molecule has 1 aliphatic rings. The fraction of sp³-hybridized carbons (Fsp3) is 0.800. The molecule has 0 bridgehead atoms. The van der Waals surface area contributed by atoms with E-state index in [1.165, 1.54) is 18.9 Å². The molecule has 0 aliphatic carbocycles. The lowest BCUT2D eigenvalue weighted by atomic mass is 10.1. The van der Waals surface area contributed by atoms with Gasteiger partial charge in [0.2, 0.25) is 0 Å². The first kappa shape index (κ1) is 13.2. The third-order valence-corrected chi connectivity index (χ3v) is 4.06. The van der Waals surface area contributed by atoms with Crippen LogP contribution in [0, 0.1) is 5.92 Å². The molecule has 0 aromatic heterocycles. The van der Waals surface area contributed by atoms with Crippen molar-refractivity contribution in [2.45, 2.75) is 19.4 Å². The molecule has 1 aliphatic heterocycles. The second kappa shape index (κ2) is 5.98. The number of aliphatic carboxylic acids is 1. The molecule has 1 saturated heterocycles. The molecule has 2 amide bonds. The molecule has 1 heterocycles. The summed E-state index contributed by atoms with van der Waals surface area (Å²) in [6, 6.07) is -1.11. The predicted molar refractivity (Wildman–Crippen MR) is 63.7 cm³/mol. The van der Waals surface area contributed by atoms with Crippen molar-refractivity contribution in [2.75, 3.05) is 25.1 Å². The van der Waals surface area contributed by atoms with Gasteiger partial charge in [-0.2, -0.15) is 11.8 Å². The SMILES string of the molecule is CC(C(=O)O)N(C)C(=O)NCC1CCSC1. The largest absolute Gasteiger partial charge is 0.480 e. The van der Waals surface area contributed by atoms with Crippen LogP contribution in [0.3, 0.4) is 0 Å². The summed E-state index contributed by atoms with van der Waals surface area (Å²) in [6.45, 7) is 2.13. The maximum Gasteiger partial charge on any atom is 0.326 e. The number of nitrogens with one attached hydrogen (secondary N) is 1. The smallest absolute Gasteiger partial charge is 0.326 e. The van der Waals surface area contributed by atoms with Gasteiger partial charge in [0.05, 0.1) is 0 Å². The van der Waals surface area contributed by atoms with Crippen molar-refractivity contribution in [1.29, 1.82) is 0 Å². The molecule has 2 atom stereocenters. The van der Waals surface area contributed by atoms with E-state index in [0.717, 1.165) is 17.9 Å². The highest BCUT2D eigenvalue weighted by Gasteiger charge is 2.22. The number of carboxylic acids is 1. The maximum atomic E-state index is 11.6. The molecule has 0 spiro atoms. The zero-order valence-corrected chi connectivity index (χ0v) is 10.4. The van der Waals surface area contributed by atoms with Crippen molar-refractivity contribution in [3.63, 3.8) is 0 Å². The quantitative estimate of drug-likeness (QED) is 0.771. The van der Waals surface area contributed by atoms with Gasteiger partial charge in [-0.3, -0.25) is 0 Å². The van der Waals surface area contributed by atoms with Crippen molar-refractivity contribution in [1.82, 2.24) is 10.2 Å². The molecule has 0 radical (unpaired) electrons. The fourth-order valence-electron chi connectivity index (χ4n) is 1.44. The Balaban J connectivity index is 2.30. The van der Waals surface area contributed by atoms with E-state index in [2.05, 4.69) is 5.32 Å².